The number of thioether (sulfide) groups is 1. The average molecular weight is 295 g/mol. The van der Waals surface area contributed by atoms with Crippen LogP contribution in [0.5, 0.6) is 0 Å². The van der Waals surface area contributed by atoms with Crippen molar-refractivity contribution in [2.75, 3.05) is 12.8 Å². The maximum atomic E-state index is 3.87. The third-order valence-electron chi connectivity index (χ3n) is 4.98. The van der Waals surface area contributed by atoms with Crippen LogP contribution in [0.2, 0.25) is 0 Å². The number of nitrogens with one attached hydrogen (secondary N) is 1. The lowest BCUT2D eigenvalue weighted by molar-refractivity contribution is 0.576. The normalized spacial score (nSPS) is 18.9. The summed E-state index contributed by atoms with van der Waals surface area (Å²) in [5, 5.41) is 3.87. The van der Waals surface area contributed by atoms with E-state index in [1.807, 2.05) is 11.8 Å². The Balaban J connectivity index is 1.68. The van der Waals surface area contributed by atoms with Crippen molar-refractivity contribution in [1.82, 2.24) is 5.32 Å². The maximum absolute atomic E-state index is 3.87. The Morgan fingerprint density at radius 2 is 1.57 bits per heavy atom. The summed E-state index contributed by atoms with van der Waals surface area (Å²) in [6.45, 7) is 1.11. The van der Waals surface area contributed by atoms with Gasteiger partial charge in [-0.2, -0.15) is 11.8 Å². The van der Waals surface area contributed by atoms with Crippen molar-refractivity contribution in [1.29, 1.82) is 0 Å². The fraction of sp³-hybridized carbons (Fsp3) is 0.368. The first-order valence-electron chi connectivity index (χ1n) is 7.75. The SMILES string of the molecule is CSC1(CNC2c3ccccc3Cc3ccccc32)CC1. The summed E-state index contributed by atoms with van der Waals surface area (Å²) in [5.41, 5.74) is 5.88. The second kappa shape index (κ2) is 5.19. The zero-order valence-electron chi connectivity index (χ0n) is 12.4. The highest BCUT2D eigenvalue weighted by molar-refractivity contribution is 8.00. The summed E-state index contributed by atoms with van der Waals surface area (Å²) in [4.78, 5) is 0. The molecule has 0 aliphatic heterocycles. The largest absolute Gasteiger partial charge is 0.305 e. The number of hydrogen-bond donors (Lipinski definition) is 1. The molecule has 2 aromatic carbocycles. The van der Waals surface area contributed by atoms with Gasteiger partial charge in [0.2, 0.25) is 0 Å². The Morgan fingerprint density at radius 3 is 2.10 bits per heavy atom. The summed E-state index contributed by atoms with van der Waals surface area (Å²) in [5.74, 6) is 0. The molecule has 4 rings (SSSR count). The molecule has 1 saturated carbocycles. The highest BCUT2D eigenvalue weighted by atomic mass is 32.2. The van der Waals surface area contributed by atoms with Gasteiger partial charge in [-0.25, -0.2) is 0 Å². The van der Waals surface area contributed by atoms with Crippen LogP contribution in [-0.4, -0.2) is 17.5 Å². The number of hydrogen-bond acceptors (Lipinski definition) is 2. The van der Waals surface area contributed by atoms with E-state index in [1.54, 1.807) is 0 Å². The maximum Gasteiger partial charge on any atom is 0.0582 e. The van der Waals surface area contributed by atoms with Crippen LogP contribution in [0.1, 0.15) is 41.1 Å². The van der Waals surface area contributed by atoms with Crippen molar-refractivity contribution < 1.29 is 0 Å². The van der Waals surface area contributed by atoms with E-state index in [1.165, 1.54) is 35.1 Å². The van der Waals surface area contributed by atoms with Gasteiger partial charge in [0.15, 0.2) is 0 Å². The average Bonchev–Trinajstić information content (AvgIpc) is 3.32. The summed E-state index contributed by atoms with van der Waals surface area (Å²) in [7, 11) is 0. The highest BCUT2D eigenvalue weighted by Gasteiger charge is 2.42. The zero-order valence-corrected chi connectivity index (χ0v) is 13.2. The smallest absolute Gasteiger partial charge is 0.0582 e. The molecular weight excluding hydrogens is 274 g/mol. The van der Waals surface area contributed by atoms with E-state index in [2.05, 4.69) is 60.1 Å². The molecule has 2 aliphatic carbocycles. The Morgan fingerprint density at radius 1 is 1.00 bits per heavy atom. The van der Waals surface area contributed by atoms with Gasteiger partial charge in [0.1, 0.15) is 0 Å². The first kappa shape index (κ1) is 13.4. The molecule has 21 heavy (non-hydrogen) atoms. The Kier molecular flexibility index (Phi) is 3.31. The second-order valence-electron chi connectivity index (χ2n) is 6.28. The molecule has 0 heterocycles. The summed E-state index contributed by atoms with van der Waals surface area (Å²) in [6.07, 6.45) is 6.03. The summed E-state index contributed by atoms with van der Waals surface area (Å²) >= 11 is 2.03. The standard InChI is InChI=1S/C19H21NS/c1-21-19(10-11-19)13-20-18-16-8-4-2-6-14(16)12-15-7-3-5-9-17(15)18/h2-9,18,20H,10-13H2,1H3. The second-order valence-corrected chi connectivity index (χ2v) is 7.55. The van der Waals surface area contributed by atoms with Gasteiger partial charge in [0.05, 0.1) is 6.04 Å². The molecule has 0 saturated heterocycles. The quantitative estimate of drug-likeness (QED) is 0.908. The van der Waals surface area contributed by atoms with Gasteiger partial charge in [0.25, 0.3) is 0 Å². The third-order valence-corrected chi connectivity index (χ3v) is 6.40. The Labute approximate surface area is 131 Å². The predicted octanol–water partition coefficient (Wildman–Crippen LogP) is 4.17. The molecule has 0 aromatic heterocycles. The van der Waals surface area contributed by atoms with E-state index < -0.39 is 0 Å². The molecule has 0 unspecified atom stereocenters. The topological polar surface area (TPSA) is 12.0 Å². The molecular formula is C19H21NS. The van der Waals surface area contributed by atoms with Crippen LogP contribution < -0.4 is 5.32 Å². The van der Waals surface area contributed by atoms with Crippen molar-refractivity contribution in [2.24, 2.45) is 0 Å². The molecule has 1 fully saturated rings. The van der Waals surface area contributed by atoms with Crippen molar-refractivity contribution in [3.8, 4) is 0 Å². The fourth-order valence-electron chi connectivity index (χ4n) is 3.43. The lowest BCUT2D eigenvalue weighted by atomic mass is 9.82. The first-order chi connectivity index (χ1) is 10.3. The lowest BCUT2D eigenvalue weighted by Crippen LogP contribution is -2.33. The van der Waals surface area contributed by atoms with E-state index in [4.69, 9.17) is 0 Å². The van der Waals surface area contributed by atoms with Crippen LogP contribution in [0, 0.1) is 0 Å². The highest BCUT2D eigenvalue weighted by Crippen LogP contribution is 2.47. The monoisotopic (exact) mass is 295 g/mol. The molecule has 2 aliphatic rings. The van der Waals surface area contributed by atoms with Gasteiger partial charge in [0, 0.05) is 11.3 Å². The molecule has 108 valence electrons. The molecule has 0 bridgehead atoms. The van der Waals surface area contributed by atoms with Gasteiger partial charge in [-0.05, 0) is 47.8 Å². The summed E-state index contributed by atoms with van der Waals surface area (Å²) < 4.78 is 0.501. The Bertz CT molecular complexity index is 615. The molecule has 2 heteroatoms. The lowest BCUT2D eigenvalue weighted by Gasteiger charge is -2.30. The van der Waals surface area contributed by atoms with Crippen LogP contribution in [0.15, 0.2) is 48.5 Å². The van der Waals surface area contributed by atoms with Crippen LogP contribution in [0.3, 0.4) is 0 Å². The summed E-state index contributed by atoms with van der Waals surface area (Å²) in [6, 6.07) is 18.2. The van der Waals surface area contributed by atoms with Crippen molar-refractivity contribution in [3.05, 3.63) is 70.8 Å². The third kappa shape index (κ3) is 2.41. The van der Waals surface area contributed by atoms with Gasteiger partial charge < -0.3 is 5.32 Å². The molecule has 0 atom stereocenters. The molecule has 2 aromatic rings. The van der Waals surface area contributed by atoms with E-state index in [0.29, 0.717) is 10.8 Å². The first-order valence-corrected chi connectivity index (χ1v) is 8.98. The van der Waals surface area contributed by atoms with Crippen LogP contribution >= 0.6 is 11.8 Å². The molecule has 0 spiro atoms. The van der Waals surface area contributed by atoms with E-state index in [0.717, 1.165) is 13.0 Å². The Hall–Kier alpha value is -1.25. The van der Waals surface area contributed by atoms with Gasteiger partial charge in [-0.15, -0.1) is 0 Å². The van der Waals surface area contributed by atoms with Gasteiger partial charge in [-0.1, -0.05) is 48.5 Å². The van der Waals surface area contributed by atoms with Crippen LogP contribution in [0.4, 0.5) is 0 Å². The van der Waals surface area contributed by atoms with Crippen molar-refractivity contribution in [3.63, 3.8) is 0 Å². The minimum atomic E-state index is 0.357. The fourth-order valence-corrected chi connectivity index (χ4v) is 4.16. The number of rotatable bonds is 4. The van der Waals surface area contributed by atoms with Gasteiger partial charge >= 0.3 is 0 Å². The minimum absolute atomic E-state index is 0.357. The van der Waals surface area contributed by atoms with Crippen molar-refractivity contribution in [2.45, 2.75) is 30.1 Å². The molecule has 0 radical (unpaired) electrons. The van der Waals surface area contributed by atoms with Crippen LogP contribution in [0.25, 0.3) is 0 Å². The molecule has 0 amide bonds. The zero-order chi connectivity index (χ0) is 14.3. The molecule has 1 N–H and O–H groups in total. The van der Waals surface area contributed by atoms with E-state index >= 15 is 0 Å². The number of fused-ring (bicyclic) bond motifs is 2. The molecule has 1 nitrogen and oxygen atoms in total. The van der Waals surface area contributed by atoms with E-state index in [-0.39, 0.29) is 0 Å². The van der Waals surface area contributed by atoms with E-state index in [9.17, 15) is 0 Å². The predicted molar refractivity (Wildman–Crippen MR) is 91.0 cm³/mol. The van der Waals surface area contributed by atoms with Crippen molar-refractivity contribution >= 4 is 11.8 Å². The number of benzene rings is 2. The van der Waals surface area contributed by atoms with Gasteiger partial charge in [-0.3, -0.25) is 0 Å². The minimum Gasteiger partial charge on any atom is -0.305 e. The van der Waals surface area contributed by atoms with Crippen LogP contribution in [-0.2, 0) is 6.42 Å².